The SMILES string of the molecule is Cc1cc(Br)c(NC(=O)C(C)N2CCOCC2)c(Br)c1. The van der Waals surface area contributed by atoms with Crippen LogP contribution in [0, 0.1) is 6.92 Å². The number of anilines is 1. The summed E-state index contributed by atoms with van der Waals surface area (Å²) < 4.78 is 7.07. The summed E-state index contributed by atoms with van der Waals surface area (Å²) in [4.78, 5) is 14.5. The molecular formula is C14H18Br2N2O2. The van der Waals surface area contributed by atoms with Crippen LogP contribution in [0.15, 0.2) is 21.1 Å². The minimum Gasteiger partial charge on any atom is -0.379 e. The molecule has 20 heavy (non-hydrogen) atoms. The summed E-state index contributed by atoms with van der Waals surface area (Å²) in [5.74, 6) is -0.00264. The van der Waals surface area contributed by atoms with Crippen molar-refractivity contribution >= 4 is 43.5 Å². The van der Waals surface area contributed by atoms with Gasteiger partial charge in [0.05, 0.1) is 24.9 Å². The largest absolute Gasteiger partial charge is 0.379 e. The summed E-state index contributed by atoms with van der Waals surface area (Å²) in [5, 5.41) is 2.99. The number of amides is 1. The van der Waals surface area contributed by atoms with Crippen LogP contribution in [0.2, 0.25) is 0 Å². The first kappa shape index (κ1) is 15.9. The zero-order valence-corrected chi connectivity index (χ0v) is 14.8. The van der Waals surface area contributed by atoms with E-state index in [2.05, 4.69) is 42.1 Å². The Morgan fingerprint density at radius 3 is 2.40 bits per heavy atom. The highest BCUT2D eigenvalue weighted by Gasteiger charge is 2.24. The summed E-state index contributed by atoms with van der Waals surface area (Å²) in [6, 6.07) is 3.80. The maximum absolute atomic E-state index is 12.4. The average Bonchev–Trinajstić information content (AvgIpc) is 2.42. The second-order valence-corrected chi connectivity index (χ2v) is 6.63. The van der Waals surface area contributed by atoms with Crippen LogP contribution in [-0.2, 0) is 9.53 Å². The molecule has 0 aliphatic carbocycles. The molecule has 1 unspecified atom stereocenters. The fourth-order valence-corrected chi connectivity index (χ4v) is 3.79. The Morgan fingerprint density at radius 2 is 1.85 bits per heavy atom. The number of hydrogen-bond acceptors (Lipinski definition) is 3. The van der Waals surface area contributed by atoms with Crippen LogP contribution >= 0.6 is 31.9 Å². The number of nitrogens with zero attached hydrogens (tertiary/aromatic N) is 1. The van der Waals surface area contributed by atoms with Gasteiger partial charge in [-0.25, -0.2) is 0 Å². The molecule has 4 nitrogen and oxygen atoms in total. The molecule has 1 aromatic rings. The number of hydrogen-bond donors (Lipinski definition) is 1. The Hall–Kier alpha value is -0.430. The van der Waals surface area contributed by atoms with Gasteiger partial charge in [0.15, 0.2) is 0 Å². The van der Waals surface area contributed by atoms with E-state index in [-0.39, 0.29) is 11.9 Å². The maximum Gasteiger partial charge on any atom is 0.241 e. The van der Waals surface area contributed by atoms with Crippen LogP contribution in [0.3, 0.4) is 0 Å². The van der Waals surface area contributed by atoms with Gasteiger partial charge < -0.3 is 10.1 Å². The molecule has 1 heterocycles. The minimum atomic E-state index is -0.168. The molecule has 1 atom stereocenters. The maximum atomic E-state index is 12.4. The standard InChI is InChI=1S/C14H18Br2N2O2/c1-9-7-11(15)13(12(16)8-9)17-14(19)10(2)18-3-5-20-6-4-18/h7-8,10H,3-6H2,1-2H3,(H,17,19). The van der Waals surface area contributed by atoms with Gasteiger partial charge in [0.25, 0.3) is 0 Å². The zero-order valence-electron chi connectivity index (χ0n) is 11.6. The Balaban J connectivity index is 2.07. The molecule has 0 radical (unpaired) electrons. The highest BCUT2D eigenvalue weighted by atomic mass is 79.9. The second-order valence-electron chi connectivity index (χ2n) is 4.92. The summed E-state index contributed by atoms with van der Waals surface area (Å²) >= 11 is 6.99. The van der Waals surface area contributed by atoms with E-state index in [1.807, 2.05) is 26.0 Å². The van der Waals surface area contributed by atoms with Crippen molar-refractivity contribution in [3.05, 3.63) is 26.6 Å². The Kier molecular flexibility index (Phi) is 5.60. The second kappa shape index (κ2) is 7.02. The van der Waals surface area contributed by atoms with Crippen molar-refractivity contribution in [1.82, 2.24) is 4.90 Å². The average molecular weight is 406 g/mol. The Bertz CT molecular complexity index is 479. The fourth-order valence-electron chi connectivity index (χ4n) is 2.18. The smallest absolute Gasteiger partial charge is 0.241 e. The van der Waals surface area contributed by atoms with E-state index in [0.717, 1.165) is 33.3 Å². The summed E-state index contributed by atoms with van der Waals surface area (Å²) in [6.45, 7) is 6.91. The summed E-state index contributed by atoms with van der Waals surface area (Å²) in [6.07, 6.45) is 0. The van der Waals surface area contributed by atoms with E-state index in [0.29, 0.717) is 13.2 Å². The quantitative estimate of drug-likeness (QED) is 0.839. The van der Waals surface area contributed by atoms with Crippen molar-refractivity contribution < 1.29 is 9.53 Å². The lowest BCUT2D eigenvalue weighted by Gasteiger charge is -2.31. The van der Waals surface area contributed by atoms with Gasteiger partial charge >= 0.3 is 0 Å². The lowest BCUT2D eigenvalue weighted by atomic mass is 10.2. The van der Waals surface area contributed by atoms with E-state index < -0.39 is 0 Å². The molecule has 2 rings (SSSR count). The van der Waals surface area contributed by atoms with Crippen LogP contribution in [0.25, 0.3) is 0 Å². The molecule has 1 N–H and O–H groups in total. The highest BCUT2D eigenvalue weighted by molar-refractivity contribution is 9.11. The van der Waals surface area contributed by atoms with Crippen molar-refractivity contribution in [3.63, 3.8) is 0 Å². The van der Waals surface area contributed by atoms with E-state index in [9.17, 15) is 4.79 Å². The van der Waals surface area contributed by atoms with Crippen LogP contribution in [0.4, 0.5) is 5.69 Å². The van der Waals surface area contributed by atoms with Gasteiger partial charge in [0.1, 0.15) is 0 Å². The lowest BCUT2D eigenvalue weighted by molar-refractivity contribution is -0.122. The zero-order chi connectivity index (χ0) is 14.7. The number of carbonyl (C=O) groups is 1. The van der Waals surface area contributed by atoms with Crippen molar-refractivity contribution in [3.8, 4) is 0 Å². The third kappa shape index (κ3) is 3.81. The number of benzene rings is 1. The van der Waals surface area contributed by atoms with Crippen molar-refractivity contribution in [2.24, 2.45) is 0 Å². The van der Waals surface area contributed by atoms with E-state index in [4.69, 9.17) is 4.74 Å². The van der Waals surface area contributed by atoms with E-state index in [1.54, 1.807) is 0 Å². The number of rotatable bonds is 3. The number of morpholine rings is 1. The Labute approximate surface area is 136 Å². The first-order valence-corrected chi connectivity index (χ1v) is 8.16. The van der Waals surface area contributed by atoms with E-state index in [1.165, 1.54) is 0 Å². The summed E-state index contributed by atoms with van der Waals surface area (Å²) in [7, 11) is 0. The van der Waals surface area contributed by atoms with Gasteiger partial charge in [0, 0.05) is 22.0 Å². The van der Waals surface area contributed by atoms with Crippen LogP contribution < -0.4 is 5.32 Å². The third-order valence-electron chi connectivity index (χ3n) is 3.41. The summed E-state index contributed by atoms with van der Waals surface area (Å²) in [5.41, 5.74) is 1.91. The molecule has 1 saturated heterocycles. The van der Waals surface area contributed by atoms with Crippen molar-refractivity contribution in [2.45, 2.75) is 19.9 Å². The van der Waals surface area contributed by atoms with Crippen LogP contribution in [-0.4, -0.2) is 43.2 Å². The van der Waals surface area contributed by atoms with E-state index >= 15 is 0 Å². The molecule has 0 saturated carbocycles. The minimum absolute atomic E-state index is 0.00264. The van der Waals surface area contributed by atoms with Gasteiger partial charge in [-0.15, -0.1) is 0 Å². The molecule has 110 valence electrons. The van der Waals surface area contributed by atoms with Gasteiger partial charge in [0.2, 0.25) is 5.91 Å². The molecule has 1 amide bonds. The molecule has 1 aliphatic rings. The van der Waals surface area contributed by atoms with Crippen molar-refractivity contribution in [1.29, 1.82) is 0 Å². The van der Waals surface area contributed by atoms with Gasteiger partial charge in [-0.2, -0.15) is 0 Å². The van der Waals surface area contributed by atoms with Crippen LogP contribution in [0.5, 0.6) is 0 Å². The Morgan fingerprint density at radius 1 is 1.30 bits per heavy atom. The number of halogens is 2. The van der Waals surface area contributed by atoms with Gasteiger partial charge in [-0.05, 0) is 63.4 Å². The number of nitrogens with one attached hydrogen (secondary N) is 1. The van der Waals surface area contributed by atoms with Gasteiger partial charge in [-0.3, -0.25) is 9.69 Å². The van der Waals surface area contributed by atoms with Crippen molar-refractivity contribution in [2.75, 3.05) is 31.6 Å². The molecule has 0 spiro atoms. The topological polar surface area (TPSA) is 41.6 Å². The molecule has 6 heteroatoms. The molecule has 0 bridgehead atoms. The first-order chi connectivity index (χ1) is 9.49. The molecule has 0 aromatic heterocycles. The highest BCUT2D eigenvalue weighted by Crippen LogP contribution is 2.32. The molecular weight excluding hydrogens is 388 g/mol. The first-order valence-electron chi connectivity index (χ1n) is 6.57. The molecule has 1 aliphatic heterocycles. The van der Waals surface area contributed by atoms with Crippen LogP contribution in [0.1, 0.15) is 12.5 Å². The monoisotopic (exact) mass is 404 g/mol. The predicted molar refractivity (Wildman–Crippen MR) is 87.1 cm³/mol. The number of aryl methyl sites for hydroxylation is 1. The number of ether oxygens (including phenoxy) is 1. The molecule has 1 fully saturated rings. The number of carbonyl (C=O) groups excluding carboxylic acids is 1. The lowest BCUT2D eigenvalue weighted by Crippen LogP contribution is -2.47. The predicted octanol–water partition coefficient (Wildman–Crippen LogP) is 3.18. The van der Waals surface area contributed by atoms with Gasteiger partial charge in [-0.1, -0.05) is 0 Å². The molecule has 1 aromatic carbocycles. The third-order valence-corrected chi connectivity index (χ3v) is 4.66. The normalized spacial score (nSPS) is 17.8. The fraction of sp³-hybridized carbons (Fsp3) is 0.500.